The van der Waals surface area contributed by atoms with Crippen LogP contribution < -0.4 is 5.73 Å². The van der Waals surface area contributed by atoms with E-state index in [2.05, 4.69) is 14.5 Å². The number of hydrogen-bond acceptors (Lipinski definition) is 6. The fourth-order valence-electron chi connectivity index (χ4n) is 2.48. The number of anilines is 1. The van der Waals surface area contributed by atoms with Gasteiger partial charge in [-0.15, -0.1) is 0 Å². The normalized spacial score (nSPS) is 22.5. The van der Waals surface area contributed by atoms with E-state index in [4.69, 9.17) is 20.3 Å². The van der Waals surface area contributed by atoms with E-state index in [1.165, 1.54) is 17.1 Å². The number of phosphoric acid groups is 1. The van der Waals surface area contributed by atoms with E-state index in [-0.39, 0.29) is 17.8 Å². The molecule has 1 fully saturated rings. The predicted molar refractivity (Wildman–Crippen MR) is 73.0 cm³/mol. The van der Waals surface area contributed by atoms with E-state index in [0.717, 1.165) is 0 Å². The van der Waals surface area contributed by atoms with Crippen LogP contribution in [-0.2, 0) is 13.8 Å². The zero-order valence-electron chi connectivity index (χ0n) is 11.3. The highest BCUT2D eigenvalue weighted by Gasteiger charge is 2.30. The summed E-state index contributed by atoms with van der Waals surface area (Å²) in [4.78, 5) is 25.1. The van der Waals surface area contributed by atoms with Gasteiger partial charge in [0, 0.05) is 6.20 Å². The number of ether oxygens (including phenoxy) is 1. The van der Waals surface area contributed by atoms with Crippen molar-refractivity contribution in [3.05, 3.63) is 18.3 Å². The largest absolute Gasteiger partial charge is 0.469 e. The quantitative estimate of drug-likeness (QED) is 0.705. The van der Waals surface area contributed by atoms with E-state index >= 15 is 0 Å². The van der Waals surface area contributed by atoms with Gasteiger partial charge in [0.25, 0.3) is 0 Å². The number of halogens is 1. The maximum Gasteiger partial charge on any atom is 0.469 e. The molecule has 3 heterocycles. The lowest BCUT2D eigenvalue weighted by atomic mass is 10.2. The monoisotopic (exact) mass is 332 g/mol. The first-order valence-corrected chi connectivity index (χ1v) is 8.00. The Kier molecular flexibility index (Phi) is 3.87. The fourth-order valence-corrected chi connectivity index (χ4v) is 2.84. The van der Waals surface area contributed by atoms with Crippen LogP contribution in [0.15, 0.2) is 12.5 Å². The van der Waals surface area contributed by atoms with Crippen molar-refractivity contribution in [1.29, 1.82) is 0 Å². The summed E-state index contributed by atoms with van der Waals surface area (Å²) in [7, 11) is -4.54. The Balaban J connectivity index is 1.79. The van der Waals surface area contributed by atoms with Gasteiger partial charge >= 0.3 is 7.82 Å². The second-order valence-corrected chi connectivity index (χ2v) is 6.16. The predicted octanol–water partition coefficient (Wildman–Crippen LogP) is 0.940. The Hall–Kier alpha value is -1.58. The summed E-state index contributed by atoms with van der Waals surface area (Å²) in [6.45, 7) is -0.237. The number of nitrogens with zero attached hydrogens (tertiary/aromatic N) is 3. The third-order valence-electron chi connectivity index (χ3n) is 3.42. The van der Waals surface area contributed by atoms with Crippen molar-refractivity contribution >= 4 is 24.7 Å². The Labute approximate surface area is 124 Å². The fraction of sp³-hybridized carbons (Fsp3) is 0.455. The summed E-state index contributed by atoms with van der Waals surface area (Å²) < 4.78 is 36.2. The molecular weight excluding hydrogens is 318 g/mol. The molecule has 0 amide bonds. The van der Waals surface area contributed by atoms with Crippen molar-refractivity contribution in [3.8, 4) is 0 Å². The number of rotatable bonds is 4. The molecule has 0 spiro atoms. The summed E-state index contributed by atoms with van der Waals surface area (Å²) >= 11 is 0. The van der Waals surface area contributed by atoms with Crippen LogP contribution >= 0.6 is 7.82 Å². The molecule has 11 heteroatoms. The molecule has 1 saturated heterocycles. The lowest BCUT2D eigenvalue weighted by Crippen LogP contribution is -2.16. The van der Waals surface area contributed by atoms with E-state index in [1.807, 2.05) is 0 Å². The minimum atomic E-state index is -4.54. The summed E-state index contributed by atoms with van der Waals surface area (Å²) in [5, 5.41) is 0.126. The molecule has 3 rings (SSSR count). The number of aromatic nitrogens is 3. The van der Waals surface area contributed by atoms with Gasteiger partial charge in [-0.1, -0.05) is 0 Å². The average molecular weight is 332 g/mol. The van der Waals surface area contributed by atoms with Crippen molar-refractivity contribution in [2.75, 3.05) is 12.3 Å². The van der Waals surface area contributed by atoms with E-state index in [1.54, 1.807) is 0 Å². The molecule has 1 aliphatic heterocycles. The minimum absolute atomic E-state index is 0.0422. The molecule has 0 aliphatic carbocycles. The molecule has 4 N–H and O–H groups in total. The molecule has 2 aromatic rings. The lowest BCUT2D eigenvalue weighted by molar-refractivity contribution is -0.0204. The molecule has 120 valence electrons. The van der Waals surface area contributed by atoms with Gasteiger partial charge in [0.05, 0.1) is 18.1 Å². The minimum Gasteiger partial charge on any atom is -0.383 e. The molecule has 22 heavy (non-hydrogen) atoms. The van der Waals surface area contributed by atoms with E-state index in [0.29, 0.717) is 18.5 Å². The van der Waals surface area contributed by atoms with Gasteiger partial charge in [-0.2, -0.15) is 0 Å². The summed E-state index contributed by atoms with van der Waals surface area (Å²) in [6, 6.07) is 0. The SMILES string of the molecule is Nc1ncnc2c1c(F)cn2[C@H]1CC[C@@H](COP(=O)(O)O)O1. The highest BCUT2D eigenvalue weighted by atomic mass is 31.2. The van der Waals surface area contributed by atoms with Crippen LogP contribution in [-0.4, -0.2) is 37.0 Å². The molecule has 0 aromatic carbocycles. The number of fused-ring (bicyclic) bond motifs is 1. The zero-order valence-corrected chi connectivity index (χ0v) is 12.2. The first kappa shape index (κ1) is 15.3. The molecule has 2 aromatic heterocycles. The van der Waals surface area contributed by atoms with Crippen LogP contribution in [0.2, 0.25) is 0 Å². The number of nitrogen functional groups attached to an aromatic ring is 1. The smallest absolute Gasteiger partial charge is 0.383 e. The van der Waals surface area contributed by atoms with Crippen LogP contribution in [0.5, 0.6) is 0 Å². The molecule has 0 bridgehead atoms. The summed E-state index contributed by atoms with van der Waals surface area (Å²) in [5.41, 5.74) is 5.95. The van der Waals surface area contributed by atoms with Crippen LogP contribution in [0.1, 0.15) is 19.1 Å². The third kappa shape index (κ3) is 2.96. The maximum atomic E-state index is 14.0. The summed E-state index contributed by atoms with van der Waals surface area (Å²) in [5.74, 6) is -0.507. The van der Waals surface area contributed by atoms with Gasteiger partial charge in [-0.25, -0.2) is 18.9 Å². The van der Waals surface area contributed by atoms with Crippen molar-refractivity contribution < 1.29 is 28.0 Å². The summed E-state index contributed by atoms with van der Waals surface area (Å²) in [6.07, 6.45) is 2.52. The maximum absolute atomic E-state index is 14.0. The Morgan fingerprint density at radius 1 is 1.50 bits per heavy atom. The van der Waals surface area contributed by atoms with Crippen LogP contribution in [0.25, 0.3) is 11.0 Å². The van der Waals surface area contributed by atoms with Gasteiger partial charge in [0.2, 0.25) is 0 Å². The second kappa shape index (κ2) is 5.56. The standard InChI is InChI=1S/C11H14FN4O5P/c12-7-3-16(11-9(7)10(13)14-5-15-11)8-2-1-6(21-8)4-20-22(17,18)19/h3,5-6,8H,1-2,4H2,(H2,13,14,15)(H2,17,18,19)/t6-,8+/m0/s1. The second-order valence-electron chi connectivity index (χ2n) is 4.92. The number of phosphoric ester groups is 1. The number of hydrogen-bond donors (Lipinski definition) is 3. The molecule has 1 aliphatic rings. The van der Waals surface area contributed by atoms with Crippen LogP contribution in [0.3, 0.4) is 0 Å². The van der Waals surface area contributed by atoms with Crippen molar-refractivity contribution in [2.24, 2.45) is 0 Å². The average Bonchev–Trinajstić information content (AvgIpc) is 3.01. The number of nitrogens with two attached hydrogens (primary N) is 1. The molecular formula is C11H14FN4O5P. The molecule has 2 atom stereocenters. The van der Waals surface area contributed by atoms with E-state index in [9.17, 15) is 8.96 Å². The van der Waals surface area contributed by atoms with Gasteiger partial charge < -0.3 is 24.8 Å². The Morgan fingerprint density at radius 2 is 2.27 bits per heavy atom. The highest BCUT2D eigenvalue weighted by molar-refractivity contribution is 7.46. The van der Waals surface area contributed by atoms with Gasteiger partial charge in [0.15, 0.2) is 11.5 Å². The van der Waals surface area contributed by atoms with E-state index < -0.39 is 26.0 Å². The lowest BCUT2D eigenvalue weighted by Gasteiger charge is -2.16. The Morgan fingerprint density at radius 3 is 3.00 bits per heavy atom. The van der Waals surface area contributed by atoms with Gasteiger partial charge in [-0.05, 0) is 12.8 Å². The molecule has 0 saturated carbocycles. The first-order valence-electron chi connectivity index (χ1n) is 6.47. The van der Waals surface area contributed by atoms with Gasteiger partial charge in [0.1, 0.15) is 18.4 Å². The zero-order chi connectivity index (χ0) is 15.9. The van der Waals surface area contributed by atoms with Gasteiger partial charge in [-0.3, -0.25) is 4.52 Å². The molecule has 0 radical (unpaired) electrons. The van der Waals surface area contributed by atoms with Crippen molar-refractivity contribution in [1.82, 2.24) is 14.5 Å². The van der Waals surface area contributed by atoms with Crippen LogP contribution in [0.4, 0.5) is 10.2 Å². The first-order chi connectivity index (χ1) is 10.3. The topological polar surface area (TPSA) is 133 Å². The van der Waals surface area contributed by atoms with Crippen molar-refractivity contribution in [2.45, 2.75) is 25.2 Å². The highest BCUT2D eigenvalue weighted by Crippen LogP contribution is 2.39. The molecule has 0 unspecified atom stereocenters. The molecule has 9 nitrogen and oxygen atoms in total. The third-order valence-corrected chi connectivity index (χ3v) is 3.90. The van der Waals surface area contributed by atoms with Crippen molar-refractivity contribution in [3.63, 3.8) is 0 Å². The Bertz CT molecular complexity index is 747. The van der Waals surface area contributed by atoms with Crippen LogP contribution in [0, 0.1) is 5.82 Å².